The van der Waals surface area contributed by atoms with Crippen LogP contribution in [0.1, 0.15) is 13.8 Å². The third-order valence-corrected chi connectivity index (χ3v) is 6.13. The Bertz CT molecular complexity index is 1140. The van der Waals surface area contributed by atoms with Crippen molar-refractivity contribution in [3.63, 3.8) is 0 Å². The van der Waals surface area contributed by atoms with Crippen LogP contribution in [0.15, 0.2) is 37.4 Å². The summed E-state index contributed by atoms with van der Waals surface area (Å²) < 4.78 is 149. The number of carbonyl (C=O) groups is 1. The standard InChI is InChI=1S/2C6H11N2.C2F6NO4S2.C2HF3O2/c2*1-3-8-5-4-7(2)6-8;3-1(4,5)14(10,11)9-15(12,13)2(6,7)8;3-2(4,5)1(6)7/h2*4-6H,3H2,1-2H3;;(H,6,7)/q2*+1;-1;/p-1. The molecule has 2 aromatic heterocycles. The van der Waals surface area contributed by atoms with Crippen molar-refractivity contribution < 1.29 is 75.4 Å². The molecule has 0 aliphatic heterocycles. The maximum Gasteiger partial charge on any atom is 0.480 e. The fraction of sp³-hybridized carbons (Fsp3) is 0.562. The minimum absolute atomic E-state index is 0.778. The number of sulfonamides is 2. The quantitative estimate of drug-likeness (QED) is 0.372. The van der Waals surface area contributed by atoms with Crippen LogP contribution >= 0.6 is 0 Å². The van der Waals surface area contributed by atoms with Crippen molar-refractivity contribution in [1.82, 2.24) is 9.13 Å². The van der Waals surface area contributed by atoms with Gasteiger partial charge in [-0.15, -0.1) is 0 Å². The zero-order valence-electron chi connectivity index (χ0n) is 19.8. The van der Waals surface area contributed by atoms with Crippen molar-refractivity contribution in [1.29, 1.82) is 0 Å². The summed E-state index contributed by atoms with van der Waals surface area (Å²) in [4.78, 5) is 8.78. The molecule has 0 saturated carbocycles. The van der Waals surface area contributed by atoms with E-state index in [0.717, 1.165) is 17.2 Å². The Morgan fingerprint density at radius 1 is 0.763 bits per heavy atom. The van der Waals surface area contributed by atoms with Gasteiger partial charge < -0.3 is 14.0 Å². The van der Waals surface area contributed by atoms with Crippen molar-refractivity contribution >= 4 is 26.0 Å². The first-order valence-electron chi connectivity index (χ1n) is 9.47. The summed E-state index contributed by atoms with van der Waals surface area (Å²) in [7, 11) is -9.40. The number of carboxylic acids is 1. The average molecular weight is 615 g/mol. The molecule has 0 bridgehead atoms. The lowest BCUT2D eigenvalue weighted by molar-refractivity contribution is -0.671. The number of aliphatic carboxylic acids is 1. The summed E-state index contributed by atoms with van der Waals surface area (Å²) in [6.45, 7) is 6.36. The molecule has 2 rings (SSSR count). The first-order valence-corrected chi connectivity index (χ1v) is 12.4. The average Bonchev–Trinajstić information content (AvgIpc) is 3.34. The molecule has 0 spiro atoms. The van der Waals surface area contributed by atoms with E-state index in [4.69, 9.17) is 9.90 Å². The largest absolute Gasteiger partial charge is 0.542 e. The van der Waals surface area contributed by atoms with Crippen LogP contribution in [0.2, 0.25) is 0 Å². The van der Waals surface area contributed by atoms with Gasteiger partial charge in [-0.05, 0) is 13.8 Å². The Kier molecular flexibility index (Phi) is 14.0. The molecule has 11 nitrogen and oxygen atoms in total. The number of alkyl halides is 9. The summed E-state index contributed by atoms with van der Waals surface area (Å²) in [5.74, 6) is -3.01. The lowest BCUT2D eigenvalue weighted by Crippen LogP contribution is -2.37. The number of rotatable bonds is 4. The Balaban J connectivity index is 0. The molecule has 0 unspecified atom stereocenters. The molecule has 0 aromatic carbocycles. The highest BCUT2D eigenvalue weighted by molar-refractivity contribution is 8.13. The van der Waals surface area contributed by atoms with Crippen LogP contribution in [0.25, 0.3) is 4.13 Å². The third-order valence-electron chi connectivity index (χ3n) is 3.39. The third kappa shape index (κ3) is 14.2. The summed E-state index contributed by atoms with van der Waals surface area (Å²) >= 11 is 0. The van der Waals surface area contributed by atoms with Crippen LogP contribution in [0.5, 0.6) is 0 Å². The second-order valence-electron chi connectivity index (χ2n) is 6.52. The molecule has 38 heavy (non-hydrogen) atoms. The molecule has 0 amide bonds. The smallest absolute Gasteiger partial charge is 0.480 e. The Hall–Kier alpha value is -2.88. The van der Waals surface area contributed by atoms with E-state index < -0.39 is 43.2 Å². The minimum atomic E-state index is -6.72. The van der Waals surface area contributed by atoms with Gasteiger partial charge >= 0.3 is 17.2 Å². The number of halogens is 9. The van der Waals surface area contributed by atoms with E-state index in [-0.39, 0.29) is 0 Å². The predicted molar refractivity (Wildman–Crippen MR) is 107 cm³/mol. The Morgan fingerprint density at radius 3 is 1.13 bits per heavy atom. The van der Waals surface area contributed by atoms with E-state index in [2.05, 4.69) is 48.0 Å². The number of aromatic nitrogens is 4. The summed E-state index contributed by atoms with van der Waals surface area (Å²) in [6, 6.07) is 0. The van der Waals surface area contributed by atoms with E-state index in [1.165, 1.54) is 0 Å². The molecule has 222 valence electrons. The van der Waals surface area contributed by atoms with Gasteiger partial charge in [-0.25, -0.2) is 35.1 Å². The van der Waals surface area contributed by atoms with Gasteiger partial charge in [-0.1, -0.05) is 0 Å². The SMILES string of the molecule is CCn1cc[n+](C)c1.CCn1cc[n+](C)c1.O=C([O-])C(F)(F)F.O=S(=O)([N-]S(=O)(=O)C(F)(F)F)C(F)(F)F. The minimum Gasteiger partial charge on any atom is -0.542 e. The zero-order chi connectivity index (χ0) is 30.8. The Morgan fingerprint density at radius 2 is 1.03 bits per heavy atom. The van der Waals surface area contributed by atoms with Crippen LogP contribution in [0.3, 0.4) is 0 Å². The zero-order valence-corrected chi connectivity index (χ0v) is 21.4. The molecule has 0 aliphatic carbocycles. The number of hydrogen-bond donors (Lipinski definition) is 0. The van der Waals surface area contributed by atoms with Gasteiger partial charge in [0.2, 0.25) is 12.7 Å². The van der Waals surface area contributed by atoms with E-state index in [9.17, 15) is 56.3 Å². The van der Waals surface area contributed by atoms with Crippen molar-refractivity contribution in [2.45, 2.75) is 44.1 Å². The summed E-state index contributed by atoms with van der Waals surface area (Å²) in [6.07, 6.45) is 7.09. The molecule has 0 N–H and O–H groups in total. The van der Waals surface area contributed by atoms with E-state index in [1.807, 2.05) is 35.6 Å². The van der Waals surface area contributed by atoms with Gasteiger partial charge in [0, 0.05) is 0 Å². The van der Waals surface area contributed by atoms with E-state index in [0.29, 0.717) is 0 Å². The number of nitrogens with zero attached hydrogens (tertiary/aromatic N) is 5. The fourth-order valence-electron chi connectivity index (χ4n) is 1.59. The molecule has 0 saturated heterocycles. The molecule has 0 radical (unpaired) electrons. The molecular weight excluding hydrogens is 593 g/mol. The lowest BCUT2D eigenvalue weighted by Gasteiger charge is -2.22. The van der Waals surface area contributed by atoms with Crippen molar-refractivity contribution in [3.05, 3.63) is 41.6 Å². The van der Waals surface area contributed by atoms with Gasteiger partial charge in [0.1, 0.15) is 30.8 Å². The first kappa shape index (κ1) is 37.3. The molecule has 22 heteroatoms. The van der Waals surface area contributed by atoms with Crippen LogP contribution in [-0.4, -0.2) is 49.1 Å². The maximum absolute atomic E-state index is 11.4. The number of carbonyl (C=O) groups excluding carboxylic acids is 1. The summed E-state index contributed by atoms with van der Waals surface area (Å²) in [5.41, 5.74) is -12.4. The van der Waals surface area contributed by atoms with Gasteiger partial charge in [-0.3, -0.25) is 0 Å². The lowest BCUT2D eigenvalue weighted by atomic mass is 10.7. The first-order chi connectivity index (χ1) is 16.8. The monoisotopic (exact) mass is 615 g/mol. The second-order valence-corrected chi connectivity index (χ2v) is 9.94. The van der Waals surface area contributed by atoms with Crippen molar-refractivity contribution in [2.75, 3.05) is 0 Å². The summed E-state index contributed by atoms with van der Waals surface area (Å²) in [5, 5.41) is 8.78. The second kappa shape index (κ2) is 14.3. The number of imidazole rings is 2. The van der Waals surface area contributed by atoms with E-state index in [1.54, 1.807) is 0 Å². The maximum atomic E-state index is 11.4. The number of carboxylic acid groups (broad SMARTS) is 1. The molecular formula is C16H22F9N5O6S2. The number of hydrogen-bond acceptors (Lipinski definition) is 6. The molecule has 2 heterocycles. The highest BCUT2D eigenvalue weighted by Crippen LogP contribution is 2.36. The molecule has 0 aliphatic rings. The highest BCUT2D eigenvalue weighted by Gasteiger charge is 2.46. The van der Waals surface area contributed by atoms with Crippen LogP contribution in [0.4, 0.5) is 39.5 Å². The van der Waals surface area contributed by atoms with Gasteiger partial charge in [0.25, 0.3) is 0 Å². The predicted octanol–water partition coefficient (Wildman–Crippen LogP) is 1.02. The molecule has 0 atom stereocenters. The van der Waals surface area contributed by atoms with Crippen LogP contribution in [0, 0.1) is 0 Å². The number of aryl methyl sites for hydroxylation is 4. The fourth-order valence-corrected chi connectivity index (χ4v) is 3.30. The van der Waals surface area contributed by atoms with Gasteiger partial charge in [-0.2, -0.15) is 39.5 Å². The molecule has 2 aromatic rings. The highest BCUT2D eigenvalue weighted by atomic mass is 32.3. The molecule has 0 fully saturated rings. The van der Waals surface area contributed by atoms with Crippen LogP contribution < -0.4 is 14.2 Å². The topological polar surface area (TPSA) is 140 Å². The van der Waals surface area contributed by atoms with Gasteiger partial charge in [0.15, 0.2) is 20.0 Å². The van der Waals surface area contributed by atoms with Crippen molar-refractivity contribution in [2.24, 2.45) is 14.1 Å². The van der Waals surface area contributed by atoms with Gasteiger partial charge in [0.05, 0.1) is 27.2 Å². The van der Waals surface area contributed by atoms with Crippen LogP contribution in [-0.2, 0) is 52.0 Å². The normalized spacial score (nSPS) is 12.2. The Labute approximate surface area is 210 Å². The van der Waals surface area contributed by atoms with Crippen molar-refractivity contribution in [3.8, 4) is 0 Å². The van der Waals surface area contributed by atoms with E-state index >= 15 is 0 Å².